The Kier molecular flexibility index (Phi) is 3.25. The molecule has 0 aliphatic rings. The standard InChI is InChI=1S/C9H11NO3/c1-2-7-13-9-6-4-3-5-8(9)10(11)12/h3-6H,2,7H2,1H3. The minimum Gasteiger partial charge on any atom is -0.487 e. The second kappa shape index (κ2) is 4.45. The normalized spacial score (nSPS) is 9.62. The Morgan fingerprint density at radius 2 is 2.15 bits per heavy atom. The summed E-state index contributed by atoms with van der Waals surface area (Å²) in [6.45, 7) is 2.46. The van der Waals surface area contributed by atoms with Crippen LogP contribution in [0.25, 0.3) is 0 Å². The monoisotopic (exact) mass is 181 g/mol. The summed E-state index contributed by atoms with van der Waals surface area (Å²) in [4.78, 5) is 10.1. The lowest BCUT2D eigenvalue weighted by atomic mass is 10.3. The van der Waals surface area contributed by atoms with E-state index in [1.54, 1.807) is 18.2 Å². The largest absolute Gasteiger partial charge is 0.487 e. The van der Waals surface area contributed by atoms with Gasteiger partial charge in [-0.15, -0.1) is 0 Å². The molecule has 0 aromatic heterocycles. The van der Waals surface area contributed by atoms with Crippen molar-refractivity contribution in [1.29, 1.82) is 0 Å². The first-order valence-corrected chi connectivity index (χ1v) is 4.12. The molecular formula is C9H11NO3. The molecule has 0 heterocycles. The van der Waals surface area contributed by atoms with E-state index in [9.17, 15) is 10.1 Å². The lowest BCUT2D eigenvalue weighted by Gasteiger charge is -2.03. The highest BCUT2D eigenvalue weighted by Crippen LogP contribution is 2.25. The van der Waals surface area contributed by atoms with Crippen LogP contribution in [0.4, 0.5) is 5.69 Å². The van der Waals surface area contributed by atoms with Crippen LogP contribution in [-0.2, 0) is 0 Å². The van der Waals surface area contributed by atoms with Crippen molar-refractivity contribution in [2.45, 2.75) is 13.3 Å². The zero-order valence-electron chi connectivity index (χ0n) is 7.40. The predicted octanol–water partition coefficient (Wildman–Crippen LogP) is 2.38. The number of nitrogens with zero attached hydrogens (tertiary/aromatic N) is 1. The van der Waals surface area contributed by atoms with E-state index in [-0.39, 0.29) is 5.69 Å². The summed E-state index contributed by atoms with van der Waals surface area (Å²) in [5.74, 6) is 0.342. The Morgan fingerprint density at radius 1 is 1.46 bits per heavy atom. The van der Waals surface area contributed by atoms with Crippen LogP contribution < -0.4 is 4.74 Å². The fourth-order valence-corrected chi connectivity index (χ4v) is 0.942. The third-order valence-corrected chi connectivity index (χ3v) is 1.52. The molecule has 13 heavy (non-hydrogen) atoms. The number of benzene rings is 1. The minimum atomic E-state index is -0.439. The third kappa shape index (κ3) is 2.43. The van der Waals surface area contributed by atoms with E-state index in [2.05, 4.69) is 0 Å². The predicted molar refractivity (Wildman–Crippen MR) is 48.9 cm³/mol. The molecular weight excluding hydrogens is 170 g/mol. The van der Waals surface area contributed by atoms with Gasteiger partial charge in [0.2, 0.25) is 0 Å². The smallest absolute Gasteiger partial charge is 0.310 e. The molecule has 0 fully saturated rings. The molecule has 0 radical (unpaired) electrons. The Morgan fingerprint density at radius 3 is 2.77 bits per heavy atom. The summed E-state index contributed by atoms with van der Waals surface area (Å²) in [7, 11) is 0. The first kappa shape index (κ1) is 9.51. The van der Waals surface area contributed by atoms with E-state index in [0.717, 1.165) is 6.42 Å². The third-order valence-electron chi connectivity index (χ3n) is 1.52. The fraction of sp³-hybridized carbons (Fsp3) is 0.333. The van der Waals surface area contributed by atoms with Gasteiger partial charge < -0.3 is 4.74 Å². The Hall–Kier alpha value is -1.58. The van der Waals surface area contributed by atoms with E-state index < -0.39 is 4.92 Å². The number of ether oxygens (including phenoxy) is 1. The van der Waals surface area contributed by atoms with Crippen molar-refractivity contribution in [3.8, 4) is 5.75 Å². The maximum Gasteiger partial charge on any atom is 0.310 e. The Balaban J connectivity index is 2.84. The van der Waals surface area contributed by atoms with Gasteiger partial charge in [0, 0.05) is 6.07 Å². The van der Waals surface area contributed by atoms with Crippen LogP contribution in [0, 0.1) is 10.1 Å². The zero-order valence-corrected chi connectivity index (χ0v) is 7.40. The number of hydrogen-bond acceptors (Lipinski definition) is 3. The topological polar surface area (TPSA) is 52.4 Å². The first-order valence-electron chi connectivity index (χ1n) is 4.12. The maximum absolute atomic E-state index is 10.5. The zero-order chi connectivity index (χ0) is 9.68. The van der Waals surface area contributed by atoms with Gasteiger partial charge in [0.05, 0.1) is 11.5 Å². The van der Waals surface area contributed by atoms with Crippen molar-refractivity contribution in [2.24, 2.45) is 0 Å². The van der Waals surface area contributed by atoms with Gasteiger partial charge in [-0.05, 0) is 12.5 Å². The van der Waals surface area contributed by atoms with Gasteiger partial charge in [-0.2, -0.15) is 0 Å². The summed E-state index contributed by atoms with van der Waals surface area (Å²) in [6, 6.07) is 6.38. The van der Waals surface area contributed by atoms with Crippen molar-refractivity contribution in [2.75, 3.05) is 6.61 Å². The molecule has 0 spiro atoms. The van der Waals surface area contributed by atoms with Gasteiger partial charge in [0.15, 0.2) is 5.75 Å². The van der Waals surface area contributed by atoms with Crippen LogP contribution in [0.5, 0.6) is 5.75 Å². The number of para-hydroxylation sites is 2. The Labute approximate surface area is 76.3 Å². The highest BCUT2D eigenvalue weighted by molar-refractivity contribution is 5.45. The van der Waals surface area contributed by atoms with Crippen molar-refractivity contribution in [3.05, 3.63) is 34.4 Å². The highest BCUT2D eigenvalue weighted by atomic mass is 16.6. The van der Waals surface area contributed by atoms with E-state index in [1.807, 2.05) is 6.92 Å². The molecule has 0 saturated carbocycles. The molecule has 4 heteroatoms. The average Bonchev–Trinajstić information content (AvgIpc) is 2.15. The van der Waals surface area contributed by atoms with Crippen molar-refractivity contribution in [1.82, 2.24) is 0 Å². The van der Waals surface area contributed by atoms with Gasteiger partial charge in [0.1, 0.15) is 0 Å². The van der Waals surface area contributed by atoms with Crippen LogP contribution in [-0.4, -0.2) is 11.5 Å². The number of hydrogen-bond donors (Lipinski definition) is 0. The number of nitro groups is 1. The van der Waals surface area contributed by atoms with Crippen LogP contribution in [0.1, 0.15) is 13.3 Å². The van der Waals surface area contributed by atoms with Crippen LogP contribution in [0.15, 0.2) is 24.3 Å². The molecule has 70 valence electrons. The van der Waals surface area contributed by atoms with E-state index in [4.69, 9.17) is 4.74 Å². The lowest BCUT2D eigenvalue weighted by molar-refractivity contribution is -0.385. The second-order valence-corrected chi connectivity index (χ2v) is 2.57. The molecule has 0 atom stereocenters. The Bertz CT molecular complexity index is 299. The van der Waals surface area contributed by atoms with Crippen LogP contribution >= 0.6 is 0 Å². The van der Waals surface area contributed by atoms with Gasteiger partial charge in [0.25, 0.3) is 0 Å². The fourth-order valence-electron chi connectivity index (χ4n) is 0.942. The molecule has 1 aromatic carbocycles. The molecule has 0 bridgehead atoms. The molecule has 1 rings (SSSR count). The molecule has 0 unspecified atom stereocenters. The van der Waals surface area contributed by atoms with Crippen LogP contribution in [0.2, 0.25) is 0 Å². The highest BCUT2D eigenvalue weighted by Gasteiger charge is 2.12. The van der Waals surface area contributed by atoms with Gasteiger partial charge >= 0.3 is 5.69 Å². The summed E-state index contributed by atoms with van der Waals surface area (Å²) in [5, 5.41) is 10.5. The molecule has 4 nitrogen and oxygen atoms in total. The molecule has 0 N–H and O–H groups in total. The summed E-state index contributed by atoms with van der Waals surface area (Å²) in [6.07, 6.45) is 0.839. The molecule has 0 saturated heterocycles. The molecule has 0 aliphatic carbocycles. The first-order chi connectivity index (χ1) is 6.25. The van der Waals surface area contributed by atoms with Crippen molar-refractivity contribution < 1.29 is 9.66 Å². The van der Waals surface area contributed by atoms with E-state index in [1.165, 1.54) is 6.07 Å². The van der Waals surface area contributed by atoms with Gasteiger partial charge in [-0.1, -0.05) is 19.1 Å². The van der Waals surface area contributed by atoms with Gasteiger partial charge in [-0.25, -0.2) is 0 Å². The quantitative estimate of drug-likeness (QED) is 0.529. The van der Waals surface area contributed by atoms with Crippen molar-refractivity contribution >= 4 is 5.69 Å². The molecule has 0 amide bonds. The van der Waals surface area contributed by atoms with E-state index in [0.29, 0.717) is 12.4 Å². The lowest BCUT2D eigenvalue weighted by Crippen LogP contribution is -1.98. The van der Waals surface area contributed by atoms with Gasteiger partial charge in [-0.3, -0.25) is 10.1 Å². The summed E-state index contributed by atoms with van der Waals surface area (Å²) < 4.78 is 5.21. The van der Waals surface area contributed by atoms with Crippen molar-refractivity contribution in [3.63, 3.8) is 0 Å². The SMILES string of the molecule is CCCOc1ccccc1[N+](=O)[O-]. The summed E-state index contributed by atoms with van der Waals surface area (Å²) in [5.41, 5.74) is 0.0240. The minimum absolute atomic E-state index is 0.0240. The van der Waals surface area contributed by atoms with E-state index >= 15 is 0 Å². The molecule has 0 aliphatic heterocycles. The number of nitro benzene ring substituents is 1. The number of rotatable bonds is 4. The second-order valence-electron chi connectivity index (χ2n) is 2.57. The maximum atomic E-state index is 10.5. The summed E-state index contributed by atoms with van der Waals surface area (Å²) >= 11 is 0. The molecule has 1 aromatic rings. The average molecular weight is 181 g/mol. The van der Waals surface area contributed by atoms with Crippen LogP contribution in [0.3, 0.4) is 0 Å².